The second-order valence-electron chi connectivity index (χ2n) is 4.63. The van der Waals surface area contributed by atoms with Gasteiger partial charge in [0, 0.05) is 31.5 Å². The highest BCUT2D eigenvalue weighted by Gasteiger charge is 2.19. The largest absolute Gasteiger partial charge is 0.469 e. The summed E-state index contributed by atoms with van der Waals surface area (Å²) in [7, 11) is 2.89. The average Bonchev–Trinajstić information content (AvgIpc) is 2.49. The first-order chi connectivity index (χ1) is 10.0. The number of anilines is 1. The lowest BCUT2D eigenvalue weighted by Gasteiger charge is -2.23. The molecule has 1 aromatic carbocycles. The van der Waals surface area contributed by atoms with Crippen molar-refractivity contribution in [1.82, 2.24) is 4.90 Å². The average molecular weight is 294 g/mol. The number of carbonyl (C=O) groups is 2. The van der Waals surface area contributed by atoms with Gasteiger partial charge in [0.25, 0.3) is 5.91 Å². The first kappa shape index (κ1) is 17.0. The molecule has 0 aliphatic carbocycles. The third-order valence-electron chi connectivity index (χ3n) is 3.27. The SMILES string of the molecule is COCCN(CCC(=O)OC)C(=O)c1cccc(N)c1C. The number of ether oxygens (including phenoxy) is 2. The molecule has 0 atom stereocenters. The molecular weight excluding hydrogens is 272 g/mol. The Morgan fingerprint density at radius 1 is 1.24 bits per heavy atom. The van der Waals surface area contributed by atoms with Crippen LogP contribution in [-0.4, -0.2) is 50.7 Å². The molecule has 0 saturated heterocycles. The molecule has 0 radical (unpaired) electrons. The predicted molar refractivity (Wildman–Crippen MR) is 80.0 cm³/mol. The van der Waals surface area contributed by atoms with E-state index in [2.05, 4.69) is 4.74 Å². The van der Waals surface area contributed by atoms with E-state index in [9.17, 15) is 9.59 Å². The molecule has 1 amide bonds. The first-order valence-corrected chi connectivity index (χ1v) is 6.71. The zero-order valence-corrected chi connectivity index (χ0v) is 12.7. The van der Waals surface area contributed by atoms with Gasteiger partial charge in [0.2, 0.25) is 0 Å². The summed E-state index contributed by atoms with van der Waals surface area (Å²) in [6, 6.07) is 5.22. The van der Waals surface area contributed by atoms with Crippen LogP contribution >= 0.6 is 0 Å². The molecule has 0 aliphatic heterocycles. The summed E-state index contributed by atoms with van der Waals surface area (Å²) < 4.78 is 9.62. The molecule has 116 valence electrons. The van der Waals surface area contributed by atoms with Crippen molar-refractivity contribution in [2.24, 2.45) is 0 Å². The van der Waals surface area contributed by atoms with Crippen LogP contribution in [-0.2, 0) is 14.3 Å². The van der Waals surface area contributed by atoms with Gasteiger partial charge in [0.1, 0.15) is 0 Å². The summed E-state index contributed by atoms with van der Waals surface area (Å²) in [5.74, 6) is -0.518. The zero-order valence-electron chi connectivity index (χ0n) is 12.7. The summed E-state index contributed by atoms with van der Waals surface area (Å²) in [5.41, 5.74) is 7.68. The van der Waals surface area contributed by atoms with E-state index in [0.29, 0.717) is 24.4 Å². The molecule has 0 saturated carbocycles. The molecular formula is C15H22N2O4. The fourth-order valence-electron chi connectivity index (χ4n) is 1.90. The quantitative estimate of drug-likeness (QED) is 0.604. The third-order valence-corrected chi connectivity index (χ3v) is 3.27. The molecule has 6 nitrogen and oxygen atoms in total. The van der Waals surface area contributed by atoms with Crippen molar-refractivity contribution in [3.8, 4) is 0 Å². The molecule has 2 N–H and O–H groups in total. The number of amides is 1. The van der Waals surface area contributed by atoms with E-state index in [-0.39, 0.29) is 24.8 Å². The molecule has 1 aromatic rings. The topological polar surface area (TPSA) is 81.9 Å². The second-order valence-corrected chi connectivity index (χ2v) is 4.63. The third kappa shape index (κ3) is 4.75. The van der Waals surface area contributed by atoms with Gasteiger partial charge in [-0.3, -0.25) is 9.59 Å². The smallest absolute Gasteiger partial charge is 0.307 e. The van der Waals surface area contributed by atoms with Crippen molar-refractivity contribution < 1.29 is 19.1 Å². The number of benzene rings is 1. The Balaban J connectivity index is 2.88. The summed E-state index contributed by atoms with van der Waals surface area (Å²) in [5, 5.41) is 0. The molecule has 0 unspecified atom stereocenters. The van der Waals surface area contributed by atoms with Crippen LogP contribution in [0.4, 0.5) is 5.69 Å². The van der Waals surface area contributed by atoms with Gasteiger partial charge in [-0.15, -0.1) is 0 Å². The maximum absolute atomic E-state index is 12.6. The Labute approximate surface area is 124 Å². The predicted octanol–water partition coefficient (Wildman–Crippen LogP) is 1.23. The van der Waals surface area contributed by atoms with E-state index in [4.69, 9.17) is 10.5 Å². The van der Waals surface area contributed by atoms with E-state index < -0.39 is 0 Å². The van der Waals surface area contributed by atoms with Crippen LogP contribution in [0, 0.1) is 6.92 Å². The van der Waals surface area contributed by atoms with Crippen molar-refractivity contribution in [2.75, 3.05) is 39.6 Å². The Kier molecular flexibility index (Phi) is 6.68. The number of carbonyl (C=O) groups excluding carboxylic acids is 2. The van der Waals surface area contributed by atoms with Crippen molar-refractivity contribution in [3.05, 3.63) is 29.3 Å². The van der Waals surface area contributed by atoms with Crippen LogP contribution in [0.2, 0.25) is 0 Å². The second kappa shape index (κ2) is 8.26. The van der Waals surface area contributed by atoms with E-state index in [1.807, 2.05) is 0 Å². The van der Waals surface area contributed by atoms with Crippen LogP contribution in [0.5, 0.6) is 0 Å². The fraction of sp³-hybridized carbons (Fsp3) is 0.467. The lowest BCUT2D eigenvalue weighted by Crippen LogP contribution is -2.36. The highest BCUT2D eigenvalue weighted by Crippen LogP contribution is 2.17. The fourth-order valence-corrected chi connectivity index (χ4v) is 1.90. The van der Waals surface area contributed by atoms with Crippen molar-refractivity contribution >= 4 is 17.6 Å². The Morgan fingerprint density at radius 2 is 1.95 bits per heavy atom. The van der Waals surface area contributed by atoms with E-state index >= 15 is 0 Å². The van der Waals surface area contributed by atoms with Crippen LogP contribution in [0.1, 0.15) is 22.3 Å². The number of esters is 1. The van der Waals surface area contributed by atoms with Gasteiger partial charge in [0.05, 0.1) is 20.1 Å². The number of methoxy groups -OCH3 is 2. The van der Waals surface area contributed by atoms with Gasteiger partial charge in [-0.05, 0) is 24.6 Å². The zero-order chi connectivity index (χ0) is 15.8. The number of nitrogens with two attached hydrogens (primary N) is 1. The van der Waals surface area contributed by atoms with E-state index in [1.54, 1.807) is 37.1 Å². The van der Waals surface area contributed by atoms with Crippen molar-refractivity contribution in [3.63, 3.8) is 0 Å². The normalized spacial score (nSPS) is 10.2. The van der Waals surface area contributed by atoms with Crippen LogP contribution in [0.25, 0.3) is 0 Å². The minimum absolute atomic E-state index is 0.146. The number of nitrogen functional groups attached to an aromatic ring is 1. The van der Waals surface area contributed by atoms with Crippen molar-refractivity contribution in [1.29, 1.82) is 0 Å². The highest BCUT2D eigenvalue weighted by molar-refractivity contribution is 5.97. The molecule has 6 heteroatoms. The number of nitrogens with zero attached hydrogens (tertiary/aromatic N) is 1. The van der Waals surface area contributed by atoms with Gasteiger partial charge >= 0.3 is 5.97 Å². The lowest BCUT2D eigenvalue weighted by molar-refractivity contribution is -0.140. The van der Waals surface area contributed by atoms with Gasteiger partial charge < -0.3 is 20.1 Å². The van der Waals surface area contributed by atoms with E-state index in [1.165, 1.54) is 7.11 Å². The molecule has 0 spiro atoms. The monoisotopic (exact) mass is 294 g/mol. The van der Waals surface area contributed by atoms with Crippen molar-refractivity contribution in [2.45, 2.75) is 13.3 Å². The maximum atomic E-state index is 12.6. The summed E-state index contributed by atoms with van der Waals surface area (Å²) in [6.07, 6.45) is 0.146. The number of hydrogen-bond acceptors (Lipinski definition) is 5. The number of hydrogen-bond donors (Lipinski definition) is 1. The van der Waals surface area contributed by atoms with Crippen LogP contribution < -0.4 is 5.73 Å². The summed E-state index contributed by atoms with van der Waals surface area (Å²) >= 11 is 0. The van der Waals surface area contributed by atoms with E-state index in [0.717, 1.165) is 5.56 Å². The highest BCUT2D eigenvalue weighted by atomic mass is 16.5. The number of rotatable bonds is 7. The standard InChI is InChI=1S/C15H22N2O4/c1-11-12(5-4-6-13(11)16)15(19)17(9-10-20-2)8-7-14(18)21-3/h4-6H,7-10,16H2,1-3H3. The Bertz CT molecular complexity index is 502. The minimum Gasteiger partial charge on any atom is -0.469 e. The Morgan fingerprint density at radius 3 is 2.57 bits per heavy atom. The molecule has 1 rings (SSSR count). The molecule has 0 aromatic heterocycles. The molecule has 21 heavy (non-hydrogen) atoms. The first-order valence-electron chi connectivity index (χ1n) is 6.71. The lowest BCUT2D eigenvalue weighted by atomic mass is 10.1. The summed E-state index contributed by atoms with van der Waals surface area (Å²) in [4.78, 5) is 25.4. The molecule has 0 heterocycles. The van der Waals surface area contributed by atoms with Gasteiger partial charge in [-0.25, -0.2) is 0 Å². The summed E-state index contributed by atoms with van der Waals surface area (Å²) in [6.45, 7) is 2.88. The van der Waals surface area contributed by atoms with Gasteiger partial charge in [0.15, 0.2) is 0 Å². The molecule has 0 bridgehead atoms. The van der Waals surface area contributed by atoms with Crippen LogP contribution in [0.15, 0.2) is 18.2 Å². The molecule has 0 fully saturated rings. The Hall–Kier alpha value is -2.08. The minimum atomic E-state index is -0.352. The maximum Gasteiger partial charge on any atom is 0.307 e. The van der Waals surface area contributed by atoms with Gasteiger partial charge in [-0.2, -0.15) is 0 Å². The molecule has 0 aliphatic rings. The van der Waals surface area contributed by atoms with Crippen LogP contribution in [0.3, 0.4) is 0 Å². The van der Waals surface area contributed by atoms with Gasteiger partial charge in [-0.1, -0.05) is 6.07 Å².